The summed E-state index contributed by atoms with van der Waals surface area (Å²) in [6.45, 7) is 4.05. The Balaban J connectivity index is 1.89. The van der Waals surface area contributed by atoms with E-state index in [2.05, 4.69) is 5.32 Å². The number of hydrogen-bond acceptors (Lipinski definition) is 3. The number of benzene rings is 1. The largest absolute Gasteiger partial charge is 0.468 e. The number of aryl methyl sites for hydroxylation is 1. The Labute approximate surface area is 123 Å². The van der Waals surface area contributed by atoms with Gasteiger partial charge in [-0.25, -0.2) is 0 Å². The summed E-state index contributed by atoms with van der Waals surface area (Å²) in [5, 5.41) is 2.89. The molecule has 2 aromatic rings. The monoisotopic (exact) mass is 289 g/mol. The zero-order valence-electron chi connectivity index (χ0n) is 11.8. The van der Waals surface area contributed by atoms with Gasteiger partial charge < -0.3 is 9.73 Å². The molecule has 4 heteroatoms. The van der Waals surface area contributed by atoms with E-state index in [0.29, 0.717) is 5.75 Å². The van der Waals surface area contributed by atoms with Crippen molar-refractivity contribution in [1.82, 2.24) is 0 Å². The highest BCUT2D eigenvalue weighted by molar-refractivity contribution is 7.99. The summed E-state index contributed by atoms with van der Waals surface area (Å²) in [5.74, 6) is 1.66. The average Bonchev–Trinajstić information content (AvgIpc) is 2.95. The number of carbonyl (C=O) groups excluding carboxylic acids is 1. The highest BCUT2D eigenvalue weighted by Crippen LogP contribution is 2.22. The van der Waals surface area contributed by atoms with Gasteiger partial charge in [-0.2, -0.15) is 0 Å². The van der Waals surface area contributed by atoms with E-state index in [1.165, 1.54) is 5.56 Å². The van der Waals surface area contributed by atoms with Gasteiger partial charge in [-0.1, -0.05) is 24.6 Å². The van der Waals surface area contributed by atoms with Crippen LogP contribution in [0.25, 0.3) is 0 Å². The molecule has 0 bridgehead atoms. The summed E-state index contributed by atoms with van der Waals surface area (Å²) >= 11 is 1.60. The number of hydrogen-bond donors (Lipinski definition) is 1. The Morgan fingerprint density at radius 1 is 1.30 bits per heavy atom. The first-order valence-electron chi connectivity index (χ1n) is 6.70. The predicted molar refractivity (Wildman–Crippen MR) is 83.9 cm³/mol. The van der Waals surface area contributed by atoms with Gasteiger partial charge >= 0.3 is 0 Å². The molecule has 2 rings (SSSR count). The number of anilines is 1. The molecule has 1 aromatic heterocycles. The predicted octanol–water partition coefficient (Wildman–Crippen LogP) is 4.24. The fourth-order valence-electron chi connectivity index (χ4n) is 1.82. The molecular weight excluding hydrogens is 270 g/mol. The fraction of sp³-hybridized carbons (Fsp3) is 0.312. The summed E-state index contributed by atoms with van der Waals surface area (Å²) in [5.41, 5.74) is 2.03. The number of carbonyl (C=O) groups is 1. The summed E-state index contributed by atoms with van der Waals surface area (Å²) in [6, 6.07) is 11.6. The lowest BCUT2D eigenvalue weighted by molar-refractivity contribution is -0.115. The fourth-order valence-corrected chi connectivity index (χ4v) is 2.79. The molecule has 0 saturated carbocycles. The molecule has 0 fully saturated rings. The molecule has 0 spiro atoms. The van der Waals surface area contributed by atoms with Crippen LogP contribution in [0.1, 0.15) is 24.7 Å². The minimum atomic E-state index is -0.0681. The number of thioether (sulfide) groups is 1. The molecule has 20 heavy (non-hydrogen) atoms. The van der Waals surface area contributed by atoms with Crippen LogP contribution in [0, 0.1) is 6.92 Å². The van der Waals surface area contributed by atoms with E-state index >= 15 is 0 Å². The van der Waals surface area contributed by atoms with Gasteiger partial charge in [0.15, 0.2) is 0 Å². The second-order valence-electron chi connectivity index (χ2n) is 4.64. The smallest absolute Gasteiger partial charge is 0.237 e. The van der Waals surface area contributed by atoms with Gasteiger partial charge in [0.05, 0.1) is 17.3 Å². The number of rotatable bonds is 6. The highest BCUT2D eigenvalue weighted by atomic mass is 32.2. The molecule has 0 saturated heterocycles. The third-order valence-corrected chi connectivity index (χ3v) is 4.39. The Morgan fingerprint density at radius 3 is 2.65 bits per heavy atom. The van der Waals surface area contributed by atoms with Crippen LogP contribution in [0.3, 0.4) is 0 Å². The van der Waals surface area contributed by atoms with Crippen LogP contribution in [0.15, 0.2) is 47.1 Å². The average molecular weight is 289 g/mol. The van der Waals surface area contributed by atoms with E-state index in [4.69, 9.17) is 4.42 Å². The molecule has 1 atom stereocenters. The van der Waals surface area contributed by atoms with Gasteiger partial charge in [-0.15, -0.1) is 11.8 Å². The first-order valence-corrected chi connectivity index (χ1v) is 7.75. The van der Waals surface area contributed by atoms with Crippen molar-refractivity contribution in [3.63, 3.8) is 0 Å². The second-order valence-corrected chi connectivity index (χ2v) is 5.83. The van der Waals surface area contributed by atoms with E-state index in [9.17, 15) is 4.79 Å². The van der Waals surface area contributed by atoms with Crippen molar-refractivity contribution in [2.24, 2.45) is 0 Å². The Kier molecular flexibility index (Phi) is 5.30. The van der Waals surface area contributed by atoms with Gasteiger partial charge in [-0.05, 0) is 37.6 Å². The van der Waals surface area contributed by atoms with Crippen molar-refractivity contribution >= 4 is 23.4 Å². The molecule has 0 aliphatic rings. The maximum absolute atomic E-state index is 12.2. The van der Waals surface area contributed by atoms with Gasteiger partial charge in [0, 0.05) is 5.69 Å². The lowest BCUT2D eigenvalue weighted by Gasteiger charge is -2.14. The molecule has 1 N–H and O–H groups in total. The van der Waals surface area contributed by atoms with Crippen LogP contribution in [0.5, 0.6) is 0 Å². The van der Waals surface area contributed by atoms with E-state index in [1.54, 1.807) is 18.0 Å². The summed E-state index contributed by atoms with van der Waals surface area (Å²) < 4.78 is 5.29. The lowest BCUT2D eigenvalue weighted by Crippen LogP contribution is -2.24. The van der Waals surface area contributed by atoms with Crippen LogP contribution in [-0.4, -0.2) is 11.2 Å². The van der Waals surface area contributed by atoms with Gasteiger partial charge in [0.25, 0.3) is 0 Å². The zero-order valence-corrected chi connectivity index (χ0v) is 12.6. The SMILES string of the molecule is CCC(SCc1ccco1)C(=O)Nc1ccc(C)cc1. The van der Waals surface area contributed by atoms with Crippen LogP contribution in [0.4, 0.5) is 5.69 Å². The van der Waals surface area contributed by atoms with E-state index < -0.39 is 0 Å². The lowest BCUT2D eigenvalue weighted by atomic mass is 10.2. The zero-order chi connectivity index (χ0) is 14.4. The Hall–Kier alpha value is -1.68. The maximum atomic E-state index is 12.2. The van der Waals surface area contributed by atoms with Crippen molar-refractivity contribution in [3.05, 3.63) is 54.0 Å². The molecule has 0 aliphatic heterocycles. The first-order chi connectivity index (χ1) is 9.69. The van der Waals surface area contributed by atoms with Crippen LogP contribution in [-0.2, 0) is 10.5 Å². The minimum Gasteiger partial charge on any atom is -0.468 e. The Morgan fingerprint density at radius 2 is 2.05 bits per heavy atom. The molecule has 0 radical (unpaired) electrons. The van der Waals surface area contributed by atoms with E-state index in [0.717, 1.165) is 17.9 Å². The number of amides is 1. The highest BCUT2D eigenvalue weighted by Gasteiger charge is 2.17. The topological polar surface area (TPSA) is 42.2 Å². The molecule has 0 aliphatic carbocycles. The van der Waals surface area contributed by atoms with Crippen molar-refractivity contribution in [3.8, 4) is 0 Å². The van der Waals surface area contributed by atoms with Gasteiger partial charge in [-0.3, -0.25) is 4.79 Å². The molecule has 1 amide bonds. The maximum Gasteiger partial charge on any atom is 0.237 e. The third-order valence-electron chi connectivity index (χ3n) is 2.99. The quantitative estimate of drug-likeness (QED) is 0.865. The molecule has 106 valence electrons. The standard InChI is InChI=1S/C16H19NO2S/c1-3-15(20-11-14-5-4-10-19-14)16(18)17-13-8-6-12(2)7-9-13/h4-10,15H,3,11H2,1-2H3,(H,17,18). The summed E-state index contributed by atoms with van der Waals surface area (Å²) in [6.07, 6.45) is 2.45. The van der Waals surface area contributed by atoms with Gasteiger partial charge in [0.2, 0.25) is 5.91 Å². The van der Waals surface area contributed by atoms with Crippen molar-refractivity contribution in [1.29, 1.82) is 0 Å². The van der Waals surface area contributed by atoms with Crippen LogP contribution < -0.4 is 5.32 Å². The minimum absolute atomic E-state index is 0.0490. The van der Waals surface area contributed by atoms with Crippen molar-refractivity contribution in [2.75, 3.05) is 5.32 Å². The van der Waals surface area contributed by atoms with E-state index in [1.807, 2.05) is 50.2 Å². The molecule has 1 aromatic carbocycles. The van der Waals surface area contributed by atoms with Crippen LogP contribution in [0.2, 0.25) is 0 Å². The molecular formula is C16H19NO2S. The molecule has 3 nitrogen and oxygen atoms in total. The van der Waals surface area contributed by atoms with Gasteiger partial charge in [0.1, 0.15) is 5.76 Å². The Bertz CT molecular complexity index is 534. The normalized spacial score (nSPS) is 12.1. The number of furan rings is 1. The first kappa shape index (κ1) is 14.7. The molecule has 1 unspecified atom stereocenters. The van der Waals surface area contributed by atoms with Crippen molar-refractivity contribution < 1.29 is 9.21 Å². The van der Waals surface area contributed by atoms with Crippen LogP contribution >= 0.6 is 11.8 Å². The van der Waals surface area contributed by atoms with Crippen molar-refractivity contribution in [2.45, 2.75) is 31.3 Å². The summed E-state index contributed by atoms with van der Waals surface area (Å²) in [7, 11) is 0. The summed E-state index contributed by atoms with van der Waals surface area (Å²) in [4.78, 5) is 12.2. The number of nitrogens with one attached hydrogen (secondary N) is 1. The van der Waals surface area contributed by atoms with E-state index in [-0.39, 0.29) is 11.2 Å². The second kappa shape index (κ2) is 7.20. The molecule has 1 heterocycles. The third kappa shape index (κ3) is 4.17.